The van der Waals surface area contributed by atoms with Crippen molar-refractivity contribution in [3.05, 3.63) is 21.9 Å². The topological polar surface area (TPSA) is 40.5 Å². The Morgan fingerprint density at radius 2 is 2.11 bits per heavy atom. The largest absolute Gasteiger partial charge is 0.481 e. The van der Waals surface area contributed by atoms with E-state index in [1.54, 1.807) is 0 Å². The van der Waals surface area contributed by atoms with E-state index < -0.39 is 5.97 Å². The molecule has 2 aliphatic heterocycles. The third-order valence-electron chi connectivity index (χ3n) is 4.74. The molecule has 1 N–H and O–H groups in total. The molecule has 19 heavy (non-hydrogen) atoms. The van der Waals surface area contributed by atoms with E-state index in [0.717, 1.165) is 19.4 Å². The molecule has 1 aromatic rings. The monoisotopic (exact) mass is 279 g/mol. The fourth-order valence-corrected chi connectivity index (χ4v) is 4.70. The average Bonchev–Trinajstić information content (AvgIpc) is 2.83. The van der Waals surface area contributed by atoms with Crippen LogP contribution in [0, 0.1) is 12.8 Å². The lowest BCUT2D eigenvalue weighted by Gasteiger charge is -2.38. The number of carboxylic acid groups (broad SMARTS) is 1. The zero-order chi connectivity index (χ0) is 13.4. The van der Waals surface area contributed by atoms with Gasteiger partial charge in [0.05, 0.1) is 0 Å². The van der Waals surface area contributed by atoms with Gasteiger partial charge in [-0.15, -0.1) is 11.3 Å². The molecule has 2 aliphatic rings. The van der Waals surface area contributed by atoms with E-state index in [2.05, 4.69) is 23.3 Å². The summed E-state index contributed by atoms with van der Waals surface area (Å²) < 4.78 is 0. The van der Waals surface area contributed by atoms with Gasteiger partial charge in [0.25, 0.3) is 0 Å². The average molecular weight is 279 g/mol. The van der Waals surface area contributed by atoms with Crippen LogP contribution in [0.15, 0.2) is 11.4 Å². The van der Waals surface area contributed by atoms with Gasteiger partial charge in [-0.05, 0) is 55.5 Å². The highest BCUT2D eigenvalue weighted by Crippen LogP contribution is 2.41. The predicted octanol–water partition coefficient (Wildman–Crippen LogP) is 3.27. The minimum atomic E-state index is -0.632. The molecule has 4 heteroatoms. The van der Waals surface area contributed by atoms with Crippen LogP contribution in [-0.2, 0) is 11.3 Å². The summed E-state index contributed by atoms with van der Waals surface area (Å²) in [5.74, 6) is -0.234. The number of carbonyl (C=O) groups is 1. The second-order valence-corrected chi connectivity index (χ2v) is 7.02. The van der Waals surface area contributed by atoms with Gasteiger partial charge < -0.3 is 5.11 Å². The minimum Gasteiger partial charge on any atom is -0.481 e. The van der Waals surface area contributed by atoms with Crippen molar-refractivity contribution in [2.24, 2.45) is 5.92 Å². The van der Waals surface area contributed by atoms with Gasteiger partial charge in [-0.1, -0.05) is 0 Å². The molecule has 3 nitrogen and oxygen atoms in total. The van der Waals surface area contributed by atoms with E-state index in [0.29, 0.717) is 24.4 Å². The zero-order valence-corrected chi connectivity index (χ0v) is 12.2. The number of carboxylic acids is 1. The van der Waals surface area contributed by atoms with Crippen molar-refractivity contribution in [1.29, 1.82) is 0 Å². The molecule has 0 aromatic carbocycles. The minimum absolute atomic E-state index is 0.360. The fraction of sp³-hybridized carbons (Fsp3) is 0.667. The molecule has 2 fully saturated rings. The first-order valence-corrected chi connectivity index (χ1v) is 8.02. The van der Waals surface area contributed by atoms with Gasteiger partial charge >= 0.3 is 5.97 Å². The lowest BCUT2D eigenvalue weighted by molar-refractivity contribution is -0.138. The number of nitrogens with zero attached hydrogens (tertiary/aromatic N) is 1. The Kier molecular flexibility index (Phi) is 3.63. The van der Waals surface area contributed by atoms with E-state index in [1.165, 1.54) is 23.3 Å². The van der Waals surface area contributed by atoms with Crippen LogP contribution in [0.5, 0.6) is 0 Å². The number of piperidine rings is 1. The summed E-state index contributed by atoms with van der Waals surface area (Å²) in [6.45, 7) is 3.25. The summed E-state index contributed by atoms with van der Waals surface area (Å²) in [7, 11) is 0. The molecule has 3 heterocycles. The van der Waals surface area contributed by atoms with Crippen LogP contribution >= 0.6 is 11.3 Å². The van der Waals surface area contributed by atoms with E-state index in [4.69, 9.17) is 5.11 Å². The molecule has 2 bridgehead atoms. The maximum Gasteiger partial charge on any atom is 0.303 e. The highest BCUT2D eigenvalue weighted by Gasteiger charge is 2.41. The van der Waals surface area contributed by atoms with E-state index in [1.807, 2.05) is 11.3 Å². The number of aliphatic carboxylic acids is 1. The number of hydrogen-bond acceptors (Lipinski definition) is 3. The quantitative estimate of drug-likeness (QED) is 0.919. The van der Waals surface area contributed by atoms with Crippen molar-refractivity contribution in [2.45, 2.75) is 57.7 Å². The van der Waals surface area contributed by atoms with Gasteiger partial charge in [-0.25, -0.2) is 0 Å². The third kappa shape index (κ3) is 2.70. The molecular weight excluding hydrogens is 258 g/mol. The molecule has 2 atom stereocenters. The fourth-order valence-electron chi connectivity index (χ4n) is 3.79. The number of fused-ring (bicyclic) bond motifs is 2. The predicted molar refractivity (Wildman–Crippen MR) is 76.4 cm³/mol. The Labute approximate surface area is 118 Å². The zero-order valence-electron chi connectivity index (χ0n) is 11.3. The van der Waals surface area contributed by atoms with Gasteiger partial charge in [0.1, 0.15) is 0 Å². The first kappa shape index (κ1) is 13.1. The van der Waals surface area contributed by atoms with E-state index >= 15 is 0 Å². The van der Waals surface area contributed by atoms with Gasteiger partial charge in [-0.2, -0.15) is 0 Å². The summed E-state index contributed by atoms with van der Waals surface area (Å²) in [5, 5.41) is 11.1. The number of aryl methyl sites for hydroxylation is 1. The maximum absolute atomic E-state index is 10.9. The Hall–Kier alpha value is -0.870. The molecule has 3 rings (SSSR count). The van der Waals surface area contributed by atoms with Crippen molar-refractivity contribution < 1.29 is 9.90 Å². The SMILES string of the molecule is Cc1ccsc1CN1C2CCC1CC(CC(=O)O)C2. The first-order valence-electron chi connectivity index (χ1n) is 7.14. The lowest BCUT2D eigenvalue weighted by atomic mass is 9.88. The number of rotatable bonds is 4. The van der Waals surface area contributed by atoms with Crippen molar-refractivity contribution >= 4 is 17.3 Å². The Morgan fingerprint density at radius 1 is 1.42 bits per heavy atom. The van der Waals surface area contributed by atoms with Crippen LogP contribution < -0.4 is 0 Å². The molecule has 2 unspecified atom stereocenters. The molecule has 1 aromatic heterocycles. The van der Waals surface area contributed by atoms with E-state index in [9.17, 15) is 4.79 Å². The molecule has 0 amide bonds. The molecule has 0 radical (unpaired) electrons. The highest BCUT2D eigenvalue weighted by molar-refractivity contribution is 7.10. The summed E-state index contributed by atoms with van der Waals surface area (Å²) >= 11 is 1.85. The summed E-state index contributed by atoms with van der Waals surface area (Å²) in [4.78, 5) is 15.0. The second kappa shape index (κ2) is 5.25. The number of thiophene rings is 1. The van der Waals surface area contributed by atoms with Gasteiger partial charge in [0.2, 0.25) is 0 Å². The van der Waals surface area contributed by atoms with Crippen LogP contribution in [0.25, 0.3) is 0 Å². The Bertz CT molecular complexity index is 456. The smallest absolute Gasteiger partial charge is 0.303 e. The Morgan fingerprint density at radius 3 is 2.63 bits per heavy atom. The standard InChI is InChI=1S/C15H21NO2S/c1-10-4-5-19-14(10)9-16-12-2-3-13(16)7-11(6-12)8-15(17)18/h4-5,11-13H,2-3,6-9H2,1H3,(H,17,18). The van der Waals surface area contributed by atoms with Crippen LogP contribution in [0.1, 0.15) is 42.5 Å². The molecule has 0 saturated carbocycles. The molecular formula is C15H21NO2S. The first-order chi connectivity index (χ1) is 9.13. The van der Waals surface area contributed by atoms with Crippen molar-refractivity contribution in [3.8, 4) is 0 Å². The third-order valence-corrected chi connectivity index (χ3v) is 5.75. The number of hydrogen-bond donors (Lipinski definition) is 1. The van der Waals surface area contributed by atoms with Crippen LogP contribution in [0.4, 0.5) is 0 Å². The van der Waals surface area contributed by atoms with Crippen LogP contribution in [0.2, 0.25) is 0 Å². The molecule has 0 spiro atoms. The summed E-state index contributed by atoms with van der Waals surface area (Å²) in [6.07, 6.45) is 5.02. The van der Waals surface area contributed by atoms with Crippen molar-refractivity contribution in [2.75, 3.05) is 0 Å². The lowest BCUT2D eigenvalue weighted by Crippen LogP contribution is -2.42. The van der Waals surface area contributed by atoms with Gasteiger partial charge in [-0.3, -0.25) is 9.69 Å². The van der Waals surface area contributed by atoms with E-state index in [-0.39, 0.29) is 0 Å². The molecule has 2 saturated heterocycles. The second-order valence-electron chi connectivity index (χ2n) is 6.02. The summed E-state index contributed by atoms with van der Waals surface area (Å²) in [6, 6.07) is 3.42. The van der Waals surface area contributed by atoms with Crippen molar-refractivity contribution in [3.63, 3.8) is 0 Å². The van der Waals surface area contributed by atoms with Gasteiger partial charge in [0, 0.05) is 29.9 Å². The van der Waals surface area contributed by atoms with Crippen LogP contribution in [0.3, 0.4) is 0 Å². The maximum atomic E-state index is 10.9. The Balaban J connectivity index is 1.66. The summed E-state index contributed by atoms with van der Waals surface area (Å²) in [5.41, 5.74) is 1.40. The normalized spacial score (nSPS) is 30.7. The highest BCUT2D eigenvalue weighted by atomic mass is 32.1. The van der Waals surface area contributed by atoms with Crippen LogP contribution in [-0.4, -0.2) is 28.1 Å². The van der Waals surface area contributed by atoms with Gasteiger partial charge in [0.15, 0.2) is 0 Å². The van der Waals surface area contributed by atoms with Crippen molar-refractivity contribution in [1.82, 2.24) is 4.90 Å². The molecule has 104 valence electrons. The molecule has 0 aliphatic carbocycles.